The number of nitrogens with one attached hydrogen (secondary N) is 1. The number of amides is 1. The van der Waals surface area contributed by atoms with Gasteiger partial charge in [-0.2, -0.15) is 0 Å². The SMILES string of the molecule is Cc1ccc(CNC(=O)c2cc(-c3ccccc3C(=O)O)ccc2OCC2CC2)cc1F. The molecule has 2 N–H and O–H groups in total. The van der Waals surface area contributed by atoms with E-state index in [1.807, 2.05) is 0 Å². The molecule has 0 bridgehead atoms. The maximum Gasteiger partial charge on any atom is 0.336 e. The zero-order valence-electron chi connectivity index (χ0n) is 17.7. The number of halogens is 1. The number of hydrogen-bond donors (Lipinski definition) is 2. The van der Waals surface area contributed by atoms with E-state index in [2.05, 4.69) is 5.32 Å². The fraction of sp³-hybridized carbons (Fsp3) is 0.231. The van der Waals surface area contributed by atoms with E-state index in [9.17, 15) is 19.1 Å². The van der Waals surface area contributed by atoms with Crippen molar-refractivity contribution < 1.29 is 23.8 Å². The Morgan fingerprint density at radius 3 is 2.56 bits per heavy atom. The molecule has 1 amide bonds. The van der Waals surface area contributed by atoms with Gasteiger partial charge in [0.25, 0.3) is 5.91 Å². The topological polar surface area (TPSA) is 75.6 Å². The summed E-state index contributed by atoms with van der Waals surface area (Å²) in [6.45, 7) is 2.38. The lowest BCUT2D eigenvalue weighted by molar-refractivity contribution is 0.0697. The molecule has 1 fully saturated rings. The molecule has 0 saturated heterocycles. The van der Waals surface area contributed by atoms with Gasteiger partial charge in [0.1, 0.15) is 11.6 Å². The molecule has 0 radical (unpaired) electrons. The Hall–Kier alpha value is -3.67. The quantitative estimate of drug-likeness (QED) is 0.511. The summed E-state index contributed by atoms with van der Waals surface area (Å²) in [5.74, 6) is -0.777. The summed E-state index contributed by atoms with van der Waals surface area (Å²) in [4.78, 5) is 24.7. The van der Waals surface area contributed by atoms with Gasteiger partial charge >= 0.3 is 5.97 Å². The molecular weight excluding hydrogens is 409 g/mol. The van der Waals surface area contributed by atoms with E-state index in [1.165, 1.54) is 12.1 Å². The molecule has 0 spiro atoms. The van der Waals surface area contributed by atoms with Crippen molar-refractivity contribution >= 4 is 11.9 Å². The molecule has 1 aliphatic carbocycles. The number of carboxylic acid groups (broad SMARTS) is 1. The van der Waals surface area contributed by atoms with Gasteiger partial charge in [-0.15, -0.1) is 0 Å². The Bertz CT molecular complexity index is 1170. The van der Waals surface area contributed by atoms with Crippen LogP contribution >= 0.6 is 0 Å². The van der Waals surface area contributed by atoms with Crippen LogP contribution in [0.15, 0.2) is 60.7 Å². The van der Waals surface area contributed by atoms with E-state index in [0.29, 0.717) is 46.1 Å². The summed E-state index contributed by atoms with van der Waals surface area (Å²) in [6, 6.07) is 16.6. The van der Waals surface area contributed by atoms with Gasteiger partial charge in [-0.05, 0) is 72.2 Å². The molecule has 3 aromatic carbocycles. The first-order valence-corrected chi connectivity index (χ1v) is 10.5. The van der Waals surface area contributed by atoms with Crippen molar-refractivity contribution in [2.45, 2.75) is 26.3 Å². The van der Waals surface area contributed by atoms with E-state index < -0.39 is 5.97 Å². The first kappa shape index (κ1) is 21.6. The van der Waals surface area contributed by atoms with Gasteiger partial charge in [0.2, 0.25) is 0 Å². The van der Waals surface area contributed by atoms with Crippen LogP contribution in [0.4, 0.5) is 4.39 Å². The van der Waals surface area contributed by atoms with Crippen molar-refractivity contribution in [3.63, 3.8) is 0 Å². The van der Waals surface area contributed by atoms with Crippen LogP contribution in [0.3, 0.4) is 0 Å². The van der Waals surface area contributed by atoms with Crippen LogP contribution in [0.1, 0.15) is 44.7 Å². The van der Waals surface area contributed by atoms with Crippen LogP contribution in [-0.4, -0.2) is 23.6 Å². The molecule has 1 aliphatic rings. The van der Waals surface area contributed by atoms with Crippen molar-refractivity contribution in [1.82, 2.24) is 5.32 Å². The third-order valence-corrected chi connectivity index (χ3v) is 5.55. The first-order valence-electron chi connectivity index (χ1n) is 10.5. The second-order valence-corrected chi connectivity index (χ2v) is 8.08. The molecule has 0 aromatic heterocycles. The lowest BCUT2D eigenvalue weighted by atomic mass is 9.97. The number of carbonyl (C=O) groups excluding carboxylic acids is 1. The second-order valence-electron chi connectivity index (χ2n) is 8.08. The number of aromatic carboxylic acids is 1. The highest BCUT2D eigenvalue weighted by molar-refractivity contribution is 6.00. The summed E-state index contributed by atoms with van der Waals surface area (Å²) in [6.07, 6.45) is 2.23. The summed E-state index contributed by atoms with van der Waals surface area (Å²) in [5, 5.41) is 12.3. The minimum atomic E-state index is -1.04. The number of benzene rings is 3. The zero-order chi connectivity index (χ0) is 22.7. The maximum atomic E-state index is 13.8. The normalized spacial score (nSPS) is 12.9. The molecule has 6 heteroatoms. The summed E-state index contributed by atoms with van der Waals surface area (Å²) in [5.41, 5.74) is 2.78. The lowest BCUT2D eigenvalue weighted by Gasteiger charge is -2.14. The fourth-order valence-corrected chi connectivity index (χ4v) is 3.44. The number of ether oxygens (including phenoxy) is 1. The van der Waals surface area contributed by atoms with Crippen molar-refractivity contribution in [1.29, 1.82) is 0 Å². The van der Waals surface area contributed by atoms with Gasteiger partial charge < -0.3 is 15.2 Å². The minimum Gasteiger partial charge on any atom is -0.492 e. The number of hydrogen-bond acceptors (Lipinski definition) is 3. The maximum absolute atomic E-state index is 13.8. The van der Waals surface area contributed by atoms with Crippen molar-refractivity contribution in [3.05, 3.63) is 88.7 Å². The molecule has 1 saturated carbocycles. The van der Waals surface area contributed by atoms with Crippen molar-refractivity contribution in [2.75, 3.05) is 6.61 Å². The Balaban J connectivity index is 1.62. The van der Waals surface area contributed by atoms with Gasteiger partial charge in [-0.3, -0.25) is 4.79 Å². The minimum absolute atomic E-state index is 0.153. The van der Waals surface area contributed by atoms with Crippen molar-refractivity contribution in [2.24, 2.45) is 5.92 Å². The molecule has 5 nitrogen and oxygen atoms in total. The van der Waals surface area contributed by atoms with Crippen molar-refractivity contribution in [3.8, 4) is 16.9 Å². The third kappa shape index (κ3) is 4.97. The average molecular weight is 433 g/mol. The van der Waals surface area contributed by atoms with Gasteiger partial charge in [0, 0.05) is 6.54 Å². The zero-order valence-corrected chi connectivity index (χ0v) is 17.7. The highest BCUT2D eigenvalue weighted by Crippen LogP contribution is 2.33. The van der Waals surface area contributed by atoms with E-state index in [4.69, 9.17) is 4.74 Å². The largest absolute Gasteiger partial charge is 0.492 e. The van der Waals surface area contributed by atoms with E-state index in [-0.39, 0.29) is 23.8 Å². The van der Waals surface area contributed by atoms with Crippen LogP contribution in [0.2, 0.25) is 0 Å². The van der Waals surface area contributed by atoms with E-state index in [0.717, 1.165) is 12.8 Å². The van der Waals surface area contributed by atoms with Crippen LogP contribution < -0.4 is 10.1 Å². The fourth-order valence-electron chi connectivity index (χ4n) is 3.44. The monoisotopic (exact) mass is 433 g/mol. The molecule has 32 heavy (non-hydrogen) atoms. The molecule has 0 aliphatic heterocycles. The Morgan fingerprint density at radius 1 is 1.06 bits per heavy atom. The Morgan fingerprint density at radius 2 is 1.84 bits per heavy atom. The number of carboxylic acids is 1. The highest BCUT2D eigenvalue weighted by atomic mass is 19.1. The molecule has 4 rings (SSSR count). The van der Waals surface area contributed by atoms with Gasteiger partial charge in [-0.25, -0.2) is 9.18 Å². The van der Waals surface area contributed by atoms with Gasteiger partial charge in [0.05, 0.1) is 17.7 Å². The third-order valence-electron chi connectivity index (χ3n) is 5.55. The van der Waals surface area contributed by atoms with Gasteiger partial charge in [0.15, 0.2) is 0 Å². The molecule has 3 aromatic rings. The number of rotatable bonds is 8. The molecular formula is C26H24FNO4. The molecule has 0 unspecified atom stereocenters. The Labute approximate surface area is 185 Å². The van der Waals surface area contributed by atoms with Gasteiger partial charge in [-0.1, -0.05) is 36.4 Å². The smallest absolute Gasteiger partial charge is 0.336 e. The predicted octanol–water partition coefficient (Wildman–Crippen LogP) is 5.22. The standard InChI is InChI=1S/C26H24FNO4/c1-16-6-7-18(12-23(16)27)14-28-25(29)22-13-19(10-11-24(22)32-15-17-8-9-17)20-4-2-3-5-21(20)26(30)31/h2-7,10-13,17H,8-9,14-15H2,1H3,(H,28,29)(H,30,31). The summed E-state index contributed by atoms with van der Waals surface area (Å²) >= 11 is 0. The number of aryl methyl sites for hydroxylation is 1. The molecule has 0 atom stereocenters. The Kier molecular flexibility index (Phi) is 6.21. The lowest BCUT2D eigenvalue weighted by Crippen LogP contribution is -2.24. The second kappa shape index (κ2) is 9.22. The summed E-state index contributed by atoms with van der Waals surface area (Å²) in [7, 11) is 0. The highest BCUT2D eigenvalue weighted by Gasteiger charge is 2.24. The van der Waals surface area contributed by atoms with Crippen LogP contribution in [-0.2, 0) is 6.54 Å². The molecule has 164 valence electrons. The first-order chi connectivity index (χ1) is 15.4. The van der Waals surface area contributed by atoms with E-state index >= 15 is 0 Å². The predicted molar refractivity (Wildman–Crippen MR) is 119 cm³/mol. The molecule has 0 heterocycles. The van der Waals surface area contributed by atoms with Crippen LogP contribution in [0.5, 0.6) is 5.75 Å². The van der Waals surface area contributed by atoms with Crippen LogP contribution in [0, 0.1) is 18.7 Å². The summed E-state index contributed by atoms with van der Waals surface area (Å²) < 4.78 is 19.7. The number of carbonyl (C=O) groups is 2. The van der Waals surface area contributed by atoms with E-state index in [1.54, 1.807) is 55.5 Å². The average Bonchev–Trinajstić information content (AvgIpc) is 3.62. The van der Waals surface area contributed by atoms with Crippen LogP contribution in [0.25, 0.3) is 11.1 Å².